The number of ether oxygens (including phenoxy) is 3. The van der Waals surface area contributed by atoms with Crippen LogP contribution in [0.3, 0.4) is 0 Å². The molecule has 5 rings (SSSR count). The van der Waals surface area contributed by atoms with E-state index in [0.717, 1.165) is 11.1 Å². The van der Waals surface area contributed by atoms with Crippen molar-refractivity contribution >= 4 is 11.4 Å². The van der Waals surface area contributed by atoms with E-state index in [2.05, 4.69) is 4.90 Å². The second-order valence-corrected chi connectivity index (χ2v) is 7.56. The first kappa shape index (κ1) is 16.1. The summed E-state index contributed by atoms with van der Waals surface area (Å²) in [6, 6.07) is 15.6. The van der Waals surface area contributed by atoms with Crippen molar-refractivity contribution in [3.05, 3.63) is 59.7 Å². The molecule has 0 amide bonds. The van der Waals surface area contributed by atoms with E-state index in [1.54, 1.807) is 0 Å². The molecular formula is C20H23N3O3. The molecule has 0 saturated carbocycles. The van der Waals surface area contributed by atoms with Crippen LogP contribution in [0.2, 0.25) is 0 Å². The molecule has 26 heavy (non-hydrogen) atoms. The molecule has 0 unspecified atom stereocenters. The average molecular weight is 353 g/mol. The minimum Gasteiger partial charge on any atom is -0.398 e. The molecule has 136 valence electrons. The van der Waals surface area contributed by atoms with E-state index < -0.39 is 11.2 Å². The Morgan fingerprint density at radius 3 is 1.96 bits per heavy atom. The van der Waals surface area contributed by atoms with Crippen LogP contribution in [-0.2, 0) is 25.4 Å². The molecule has 3 aliphatic rings. The molecule has 0 radical (unpaired) electrons. The van der Waals surface area contributed by atoms with Crippen molar-refractivity contribution in [2.24, 2.45) is 0 Å². The lowest BCUT2D eigenvalue weighted by atomic mass is 9.92. The maximum Gasteiger partial charge on any atom is 0.149 e. The summed E-state index contributed by atoms with van der Waals surface area (Å²) >= 11 is 0. The molecule has 2 aromatic rings. The minimum absolute atomic E-state index is 0.165. The van der Waals surface area contributed by atoms with E-state index in [4.69, 9.17) is 25.7 Å². The lowest BCUT2D eigenvalue weighted by Gasteiger charge is -2.33. The number of hydrogen-bond acceptors (Lipinski definition) is 6. The number of hydrogen-bond donors (Lipinski definition) is 2. The van der Waals surface area contributed by atoms with Gasteiger partial charge in [0.2, 0.25) is 0 Å². The van der Waals surface area contributed by atoms with Crippen molar-refractivity contribution < 1.29 is 14.2 Å². The molecule has 2 aromatic carbocycles. The van der Waals surface area contributed by atoms with Crippen molar-refractivity contribution in [2.75, 3.05) is 18.1 Å². The van der Waals surface area contributed by atoms with E-state index in [-0.39, 0.29) is 18.7 Å². The fourth-order valence-electron chi connectivity index (χ4n) is 4.69. The number of nitrogens with two attached hydrogens (primary N) is 2. The van der Waals surface area contributed by atoms with Crippen molar-refractivity contribution in [3.8, 4) is 0 Å². The summed E-state index contributed by atoms with van der Waals surface area (Å²) < 4.78 is 19.1. The zero-order valence-corrected chi connectivity index (χ0v) is 14.9. The van der Waals surface area contributed by atoms with Gasteiger partial charge in [0.15, 0.2) is 0 Å². The molecule has 0 aromatic heterocycles. The van der Waals surface area contributed by atoms with E-state index in [1.807, 2.05) is 62.4 Å². The maximum absolute atomic E-state index is 6.64. The first-order valence-corrected chi connectivity index (χ1v) is 8.90. The quantitative estimate of drug-likeness (QED) is 0.807. The Balaban J connectivity index is 1.62. The molecule has 5 atom stereocenters. The minimum atomic E-state index is -0.681. The molecule has 3 heterocycles. The Bertz CT molecular complexity index is 829. The van der Waals surface area contributed by atoms with Crippen LogP contribution in [0.4, 0.5) is 11.4 Å². The summed E-state index contributed by atoms with van der Waals surface area (Å²) in [5.74, 6) is 0. The Morgan fingerprint density at radius 1 is 0.846 bits per heavy atom. The number of benzene rings is 2. The van der Waals surface area contributed by atoms with E-state index >= 15 is 0 Å². The highest BCUT2D eigenvalue weighted by molar-refractivity contribution is 5.52. The summed E-state index contributed by atoms with van der Waals surface area (Å²) in [5, 5.41) is 0. The van der Waals surface area contributed by atoms with Gasteiger partial charge in [-0.15, -0.1) is 0 Å². The Labute approximate surface area is 152 Å². The fourth-order valence-corrected chi connectivity index (χ4v) is 4.69. The zero-order chi connectivity index (χ0) is 18.1. The molecule has 0 bridgehead atoms. The summed E-state index contributed by atoms with van der Waals surface area (Å²) in [7, 11) is 0. The topological polar surface area (TPSA) is 83.0 Å². The van der Waals surface area contributed by atoms with Crippen LogP contribution in [0.5, 0.6) is 0 Å². The van der Waals surface area contributed by atoms with Crippen molar-refractivity contribution in [1.29, 1.82) is 0 Å². The third-order valence-corrected chi connectivity index (χ3v) is 5.94. The van der Waals surface area contributed by atoms with Crippen LogP contribution >= 0.6 is 0 Å². The normalized spacial score (nSPS) is 38.6. The van der Waals surface area contributed by atoms with Crippen molar-refractivity contribution in [3.63, 3.8) is 0 Å². The molecule has 0 spiro atoms. The Morgan fingerprint density at radius 2 is 1.38 bits per heavy atom. The van der Waals surface area contributed by atoms with Crippen LogP contribution in [-0.4, -0.2) is 30.2 Å². The van der Waals surface area contributed by atoms with Gasteiger partial charge in [-0.2, -0.15) is 0 Å². The van der Waals surface area contributed by atoms with Crippen LogP contribution in [0.1, 0.15) is 25.0 Å². The molecule has 3 saturated heterocycles. The largest absolute Gasteiger partial charge is 0.398 e. The Hall–Kier alpha value is -2.12. The summed E-state index contributed by atoms with van der Waals surface area (Å²) in [6.07, 6.45) is -0.732. The molecule has 0 aliphatic carbocycles. The number of rotatable bonds is 2. The van der Waals surface area contributed by atoms with Gasteiger partial charge in [-0.3, -0.25) is 0 Å². The van der Waals surface area contributed by atoms with Crippen LogP contribution in [0, 0.1) is 0 Å². The molecule has 3 aliphatic heterocycles. The highest BCUT2D eigenvalue weighted by atomic mass is 16.7. The van der Waals surface area contributed by atoms with Gasteiger partial charge in [0.1, 0.15) is 29.9 Å². The van der Waals surface area contributed by atoms with Gasteiger partial charge in [-0.05, 0) is 26.0 Å². The molecule has 6 nitrogen and oxygen atoms in total. The van der Waals surface area contributed by atoms with Crippen LogP contribution < -0.4 is 11.5 Å². The van der Waals surface area contributed by atoms with E-state index in [0.29, 0.717) is 18.0 Å². The third kappa shape index (κ3) is 1.90. The number of nitrogens with zero attached hydrogens (tertiary/aromatic N) is 1. The molecule has 6 heteroatoms. The predicted molar refractivity (Wildman–Crippen MR) is 97.7 cm³/mol. The molecule has 3 fully saturated rings. The van der Waals surface area contributed by atoms with Gasteiger partial charge < -0.3 is 25.7 Å². The maximum atomic E-state index is 6.64. The van der Waals surface area contributed by atoms with Gasteiger partial charge in [-0.25, -0.2) is 4.90 Å². The van der Waals surface area contributed by atoms with Crippen LogP contribution in [0.15, 0.2) is 48.5 Å². The average Bonchev–Trinajstić information content (AvgIpc) is 3.24. The van der Waals surface area contributed by atoms with Crippen molar-refractivity contribution in [1.82, 2.24) is 4.90 Å². The zero-order valence-electron chi connectivity index (χ0n) is 14.9. The Kier molecular flexibility index (Phi) is 3.22. The summed E-state index contributed by atoms with van der Waals surface area (Å²) in [5.41, 5.74) is 14.4. The SMILES string of the molecule is C[C@@]1(c2ccccc2N)O[C@H]2CO[C@@H]3N2[C@H]1O[C@]3(C)c1ccccc1N. The van der Waals surface area contributed by atoms with Gasteiger partial charge >= 0.3 is 0 Å². The highest BCUT2D eigenvalue weighted by Crippen LogP contribution is 2.56. The highest BCUT2D eigenvalue weighted by Gasteiger charge is 2.68. The second-order valence-electron chi connectivity index (χ2n) is 7.56. The lowest BCUT2D eigenvalue weighted by molar-refractivity contribution is -0.137. The van der Waals surface area contributed by atoms with E-state index in [9.17, 15) is 0 Å². The molecular weight excluding hydrogens is 330 g/mol. The smallest absolute Gasteiger partial charge is 0.149 e. The fraction of sp³-hybridized carbons (Fsp3) is 0.400. The second kappa shape index (κ2) is 5.20. The van der Waals surface area contributed by atoms with Gasteiger partial charge in [-0.1, -0.05) is 36.4 Å². The lowest BCUT2D eigenvalue weighted by Crippen LogP contribution is -2.40. The summed E-state index contributed by atoms with van der Waals surface area (Å²) in [4.78, 5) is 2.18. The predicted octanol–water partition coefficient (Wildman–Crippen LogP) is 2.35. The van der Waals surface area contributed by atoms with E-state index in [1.165, 1.54) is 0 Å². The monoisotopic (exact) mass is 353 g/mol. The first-order chi connectivity index (χ1) is 12.4. The van der Waals surface area contributed by atoms with Crippen molar-refractivity contribution in [2.45, 2.75) is 43.7 Å². The van der Waals surface area contributed by atoms with Gasteiger partial charge in [0, 0.05) is 22.5 Å². The van der Waals surface area contributed by atoms with Gasteiger partial charge in [0.25, 0.3) is 0 Å². The third-order valence-electron chi connectivity index (χ3n) is 5.94. The van der Waals surface area contributed by atoms with Gasteiger partial charge in [0.05, 0.1) is 6.61 Å². The first-order valence-electron chi connectivity index (χ1n) is 8.90. The number of anilines is 2. The van der Waals surface area contributed by atoms with Crippen LogP contribution in [0.25, 0.3) is 0 Å². The standard InChI is InChI=1S/C20H23N3O3/c1-19(12-7-3-5-9-14(12)21)17-23-16(11-24-17)25-20(2,18(23)26-19)13-8-4-6-10-15(13)22/h3-10,16-18H,11,21-22H2,1-2H3/t16-,17-,18-,19+,20-/m0/s1. The molecule has 4 N–H and O–H groups in total. The summed E-state index contributed by atoms with van der Waals surface area (Å²) in [6.45, 7) is 4.58. The number of para-hydroxylation sites is 2. The number of nitrogen functional groups attached to an aromatic ring is 2.